The zero-order valence-electron chi connectivity index (χ0n) is 20.6. The van der Waals surface area contributed by atoms with Gasteiger partial charge in [-0.05, 0) is 18.4 Å². The molecule has 0 unspecified atom stereocenters. The molecule has 0 amide bonds. The van der Waals surface area contributed by atoms with Crippen LogP contribution in [0.3, 0.4) is 0 Å². The maximum atomic E-state index is 11.8. The summed E-state index contributed by atoms with van der Waals surface area (Å²) in [5.74, 6) is -2.70. The predicted octanol–water partition coefficient (Wildman–Crippen LogP) is 4.09. The van der Waals surface area contributed by atoms with Crippen LogP contribution in [0, 0.1) is 23.7 Å². The van der Waals surface area contributed by atoms with Crippen molar-refractivity contribution in [2.24, 2.45) is 23.7 Å². The van der Waals surface area contributed by atoms with E-state index in [0.717, 1.165) is 11.1 Å². The third-order valence-corrected chi connectivity index (χ3v) is 8.05. The Morgan fingerprint density at radius 1 is 1.15 bits per heavy atom. The van der Waals surface area contributed by atoms with Crippen molar-refractivity contribution in [2.75, 3.05) is 21.3 Å². The SMILES string of the molecule is C=C[C@]1(O)[C@H]2C=C(C)[C@H]([C@@H]3O[C@](OC)([C@H](OCc4ccccc4)C(C)C)C[C@@H]32)C1(OC)OC. The van der Waals surface area contributed by atoms with Gasteiger partial charge in [0, 0.05) is 39.6 Å². The Hall–Kier alpha value is -1.54. The molecular formula is C27H38O6. The molecule has 1 heterocycles. The number of rotatable bonds is 9. The highest BCUT2D eigenvalue weighted by atomic mass is 16.7. The standard InChI is InChI=1S/C27H38O6/c1-8-25(28)21-14-18(4)22(27(25,30-6)31-7)23-20(21)15-26(29-5,33-23)24(17(2)3)32-16-19-12-10-9-11-13-19/h8-14,17,20-24,28H,1,15-16H2,2-7H3/t20-,21+,22-,23-,24-,25+,26+/m1/s1. The minimum absolute atomic E-state index is 0.00153. The number of ether oxygens (including phenoxy) is 5. The molecule has 2 fully saturated rings. The van der Waals surface area contributed by atoms with Crippen LogP contribution in [0.15, 0.2) is 54.6 Å². The van der Waals surface area contributed by atoms with E-state index in [4.69, 9.17) is 23.7 Å². The minimum atomic E-state index is -1.40. The molecule has 6 nitrogen and oxygen atoms in total. The predicted molar refractivity (Wildman–Crippen MR) is 125 cm³/mol. The summed E-state index contributed by atoms with van der Waals surface area (Å²) < 4.78 is 31.3. The molecule has 1 saturated carbocycles. The Balaban J connectivity index is 1.70. The molecule has 4 aliphatic rings. The van der Waals surface area contributed by atoms with Gasteiger partial charge in [0.05, 0.1) is 18.6 Å². The second-order valence-corrected chi connectivity index (χ2v) is 9.95. The van der Waals surface area contributed by atoms with Crippen molar-refractivity contribution in [1.82, 2.24) is 0 Å². The second kappa shape index (κ2) is 8.91. The lowest BCUT2D eigenvalue weighted by Crippen LogP contribution is -2.73. The maximum absolute atomic E-state index is 11.8. The van der Waals surface area contributed by atoms with E-state index in [-0.39, 0.29) is 35.9 Å². The normalized spacial score (nSPS) is 37.6. The molecular weight excluding hydrogens is 420 g/mol. The summed E-state index contributed by atoms with van der Waals surface area (Å²) in [7, 11) is 4.82. The Kier molecular flexibility index (Phi) is 6.64. The summed E-state index contributed by atoms with van der Waals surface area (Å²) in [5, 5.41) is 11.8. The Morgan fingerprint density at radius 2 is 1.82 bits per heavy atom. The summed E-state index contributed by atoms with van der Waals surface area (Å²) >= 11 is 0. The summed E-state index contributed by atoms with van der Waals surface area (Å²) in [5.41, 5.74) is 0.781. The number of aliphatic hydroxyl groups is 1. The number of benzene rings is 1. The summed E-state index contributed by atoms with van der Waals surface area (Å²) in [6, 6.07) is 10.1. The van der Waals surface area contributed by atoms with E-state index in [1.54, 1.807) is 27.4 Å². The molecule has 0 spiro atoms. The maximum Gasteiger partial charge on any atom is 0.210 e. The molecule has 1 N–H and O–H groups in total. The molecule has 0 aromatic heterocycles. The second-order valence-electron chi connectivity index (χ2n) is 9.95. The fourth-order valence-corrected chi connectivity index (χ4v) is 6.64. The van der Waals surface area contributed by atoms with Gasteiger partial charge in [-0.15, -0.1) is 6.58 Å². The topological polar surface area (TPSA) is 66.4 Å². The van der Waals surface area contributed by atoms with Crippen molar-refractivity contribution in [3.63, 3.8) is 0 Å². The zero-order chi connectivity index (χ0) is 24.0. The van der Waals surface area contributed by atoms with Crippen molar-refractivity contribution in [1.29, 1.82) is 0 Å². The van der Waals surface area contributed by atoms with Gasteiger partial charge < -0.3 is 28.8 Å². The molecule has 1 saturated heterocycles. The smallest absolute Gasteiger partial charge is 0.210 e. The van der Waals surface area contributed by atoms with Gasteiger partial charge in [0.25, 0.3) is 0 Å². The summed E-state index contributed by atoms with van der Waals surface area (Å²) in [4.78, 5) is 0. The largest absolute Gasteiger partial charge is 0.379 e. The highest BCUT2D eigenvalue weighted by Gasteiger charge is 2.74. The lowest BCUT2D eigenvalue weighted by molar-refractivity contribution is -0.364. The monoisotopic (exact) mass is 458 g/mol. The highest BCUT2D eigenvalue weighted by molar-refractivity contribution is 5.36. The number of methoxy groups -OCH3 is 3. The molecule has 6 heteroatoms. The van der Waals surface area contributed by atoms with E-state index in [2.05, 4.69) is 38.6 Å². The van der Waals surface area contributed by atoms with E-state index in [9.17, 15) is 5.11 Å². The van der Waals surface area contributed by atoms with Gasteiger partial charge in [0.2, 0.25) is 5.79 Å². The van der Waals surface area contributed by atoms with Crippen molar-refractivity contribution in [3.05, 3.63) is 60.2 Å². The molecule has 5 rings (SSSR count). The molecule has 3 aliphatic carbocycles. The van der Waals surface area contributed by atoms with Crippen LogP contribution in [-0.4, -0.2) is 55.8 Å². The minimum Gasteiger partial charge on any atom is -0.379 e. The summed E-state index contributed by atoms with van der Waals surface area (Å²) in [6.45, 7) is 10.7. The Bertz CT molecular complexity index is 878. The molecule has 0 radical (unpaired) electrons. The first-order valence-electron chi connectivity index (χ1n) is 11.8. The van der Waals surface area contributed by atoms with Crippen LogP contribution >= 0.6 is 0 Å². The molecule has 2 bridgehead atoms. The van der Waals surface area contributed by atoms with E-state index in [1.807, 2.05) is 25.1 Å². The number of hydrogen-bond donors (Lipinski definition) is 1. The zero-order valence-corrected chi connectivity index (χ0v) is 20.6. The van der Waals surface area contributed by atoms with Crippen LogP contribution < -0.4 is 0 Å². The van der Waals surface area contributed by atoms with Gasteiger partial charge in [-0.1, -0.05) is 61.9 Å². The fraction of sp³-hybridized carbons (Fsp3) is 0.630. The first kappa shape index (κ1) is 24.6. The Morgan fingerprint density at radius 3 is 2.36 bits per heavy atom. The van der Waals surface area contributed by atoms with Crippen LogP contribution in [0.4, 0.5) is 0 Å². The van der Waals surface area contributed by atoms with Gasteiger partial charge >= 0.3 is 0 Å². The average Bonchev–Trinajstić information content (AvgIpc) is 3.21. The summed E-state index contributed by atoms with van der Waals surface area (Å²) in [6.07, 6.45) is 3.74. The van der Waals surface area contributed by atoms with Gasteiger partial charge in [-0.25, -0.2) is 0 Å². The van der Waals surface area contributed by atoms with E-state index in [0.29, 0.717) is 13.0 Å². The quantitative estimate of drug-likeness (QED) is 0.444. The molecule has 1 aliphatic heterocycles. The van der Waals surface area contributed by atoms with E-state index in [1.165, 1.54) is 0 Å². The van der Waals surface area contributed by atoms with E-state index < -0.39 is 17.2 Å². The van der Waals surface area contributed by atoms with Gasteiger partial charge in [-0.3, -0.25) is 0 Å². The molecule has 33 heavy (non-hydrogen) atoms. The van der Waals surface area contributed by atoms with Crippen LogP contribution in [0.5, 0.6) is 0 Å². The first-order valence-corrected chi connectivity index (χ1v) is 11.8. The van der Waals surface area contributed by atoms with Crippen LogP contribution in [0.2, 0.25) is 0 Å². The molecule has 1 aromatic rings. The van der Waals surface area contributed by atoms with Crippen molar-refractivity contribution < 1.29 is 28.8 Å². The number of hydrogen-bond acceptors (Lipinski definition) is 6. The average molecular weight is 459 g/mol. The van der Waals surface area contributed by atoms with Crippen LogP contribution in [0.1, 0.15) is 32.8 Å². The Labute approximate surface area is 197 Å². The highest BCUT2D eigenvalue weighted by Crippen LogP contribution is 2.63. The lowest BCUT2D eigenvalue weighted by atomic mass is 9.53. The third-order valence-electron chi connectivity index (χ3n) is 8.05. The van der Waals surface area contributed by atoms with Crippen LogP contribution in [0.25, 0.3) is 0 Å². The molecule has 7 atom stereocenters. The van der Waals surface area contributed by atoms with Gasteiger partial charge in [0.15, 0.2) is 5.79 Å². The third kappa shape index (κ3) is 3.46. The fourth-order valence-electron chi connectivity index (χ4n) is 6.64. The lowest BCUT2D eigenvalue weighted by Gasteiger charge is -2.61. The van der Waals surface area contributed by atoms with Crippen molar-refractivity contribution in [3.8, 4) is 0 Å². The number of fused-ring (bicyclic) bond motifs is 1. The first-order chi connectivity index (χ1) is 15.7. The van der Waals surface area contributed by atoms with Gasteiger partial charge in [0.1, 0.15) is 11.7 Å². The molecule has 182 valence electrons. The molecule has 1 aromatic carbocycles. The van der Waals surface area contributed by atoms with Gasteiger partial charge in [-0.2, -0.15) is 0 Å². The van der Waals surface area contributed by atoms with E-state index >= 15 is 0 Å². The van der Waals surface area contributed by atoms with Crippen LogP contribution in [-0.2, 0) is 30.3 Å². The van der Waals surface area contributed by atoms with Crippen molar-refractivity contribution >= 4 is 0 Å². The van der Waals surface area contributed by atoms with Crippen molar-refractivity contribution in [2.45, 2.75) is 63.2 Å².